The Labute approximate surface area is 212 Å². The summed E-state index contributed by atoms with van der Waals surface area (Å²) >= 11 is 5.59. The SMILES string of the molecule is C[C@@H]1C[C@H](C)CN(c2cc(N3CCOCC3)nc(NC(=S)NCc3ccc4c(c3)OCCO4)n2)C1. The van der Waals surface area contributed by atoms with Crippen LogP contribution in [0, 0.1) is 11.8 Å². The molecule has 0 amide bonds. The second-order valence-corrected chi connectivity index (χ2v) is 10.1. The van der Waals surface area contributed by atoms with Gasteiger partial charge in [-0.15, -0.1) is 0 Å². The van der Waals surface area contributed by atoms with Gasteiger partial charge in [0.2, 0.25) is 5.95 Å². The van der Waals surface area contributed by atoms with Gasteiger partial charge in [-0.25, -0.2) is 0 Å². The highest BCUT2D eigenvalue weighted by atomic mass is 32.1. The predicted molar refractivity (Wildman–Crippen MR) is 141 cm³/mol. The first-order valence-electron chi connectivity index (χ1n) is 12.4. The number of anilines is 3. The van der Waals surface area contributed by atoms with E-state index in [0.29, 0.717) is 55.9 Å². The third-order valence-corrected chi connectivity index (χ3v) is 6.76. The number of aromatic nitrogens is 2. The Kier molecular flexibility index (Phi) is 7.38. The molecule has 35 heavy (non-hydrogen) atoms. The molecule has 0 unspecified atom stereocenters. The van der Waals surface area contributed by atoms with Crippen molar-refractivity contribution < 1.29 is 14.2 Å². The van der Waals surface area contributed by atoms with E-state index in [1.54, 1.807) is 0 Å². The van der Waals surface area contributed by atoms with Crippen LogP contribution in [0.2, 0.25) is 0 Å². The number of hydrogen-bond acceptors (Lipinski definition) is 8. The Morgan fingerprint density at radius 3 is 2.37 bits per heavy atom. The number of morpholine rings is 1. The molecule has 0 aliphatic carbocycles. The Hall–Kier alpha value is -2.85. The van der Waals surface area contributed by atoms with Crippen LogP contribution in [0.15, 0.2) is 24.3 Å². The second kappa shape index (κ2) is 10.8. The molecule has 0 bridgehead atoms. The molecule has 0 spiro atoms. The molecule has 4 heterocycles. The van der Waals surface area contributed by atoms with Gasteiger partial charge in [-0.2, -0.15) is 9.97 Å². The maximum absolute atomic E-state index is 5.68. The molecular weight excluding hydrogens is 464 g/mol. The first-order valence-corrected chi connectivity index (χ1v) is 12.8. The van der Waals surface area contributed by atoms with Crippen LogP contribution >= 0.6 is 12.2 Å². The van der Waals surface area contributed by atoms with Gasteiger partial charge in [-0.05, 0) is 48.2 Å². The Balaban J connectivity index is 1.29. The number of fused-ring (bicyclic) bond motifs is 1. The van der Waals surface area contributed by atoms with Crippen LogP contribution in [0.3, 0.4) is 0 Å². The summed E-state index contributed by atoms with van der Waals surface area (Å²) in [6.07, 6.45) is 1.25. The third kappa shape index (κ3) is 6.05. The van der Waals surface area contributed by atoms with E-state index in [-0.39, 0.29) is 0 Å². The molecule has 3 aliphatic heterocycles. The summed E-state index contributed by atoms with van der Waals surface area (Å²) < 4.78 is 16.8. The summed E-state index contributed by atoms with van der Waals surface area (Å²) in [5.41, 5.74) is 1.05. The molecule has 3 aliphatic rings. The fourth-order valence-electron chi connectivity index (χ4n) is 4.97. The molecule has 9 nitrogen and oxygen atoms in total. The van der Waals surface area contributed by atoms with Crippen molar-refractivity contribution in [1.29, 1.82) is 0 Å². The number of thiocarbonyl (C=S) groups is 1. The Morgan fingerprint density at radius 2 is 1.63 bits per heavy atom. The van der Waals surface area contributed by atoms with Crippen molar-refractivity contribution in [3.05, 3.63) is 29.8 Å². The van der Waals surface area contributed by atoms with E-state index >= 15 is 0 Å². The minimum atomic E-state index is 0.477. The summed E-state index contributed by atoms with van der Waals surface area (Å²) in [6.45, 7) is 11.4. The lowest BCUT2D eigenvalue weighted by molar-refractivity contribution is 0.122. The van der Waals surface area contributed by atoms with Gasteiger partial charge in [0.25, 0.3) is 0 Å². The lowest BCUT2D eigenvalue weighted by Crippen LogP contribution is -2.40. The van der Waals surface area contributed by atoms with Gasteiger partial charge in [0.1, 0.15) is 24.8 Å². The number of nitrogens with zero attached hydrogens (tertiary/aromatic N) is 4. The van der Waals surface area contributed by atoms with Crippen molar-refractivity contribution in [2.45, 2.75) is 26.8 Å². The maximum atomic E-state index is 5.68. The van der Waals surface area contributed by atoms with Crippen LogP contribution in [0.4, 0.5) is 17.6 Å². The minimum Gasteiger partial charge on any atom is -0.486 e. The minimum absolute atomic E-state index is 0.477. The molecule has 2 N–H and O–H groups in total. The zero-order chi connectivity index (χ0) is 24.2. The highest BCUT2D eigenvalue weighted by Gasteiger charge is 2.25. The largest absolute Gasteiger partial charge is 0.486 e. The standard InChI is InChI=1S/C25H34N6O3S/c1-17-11-18(2)16-31(15-17)23-13-22(30-5-7-32-8-6-30)27-24(28-23)29-25(35)26-14-19-3-4-20-21(12-19)34-10-9-33-20/h3-4,12-13,17-18H,5-11,14-16H2,1-2H3,(H2,26,27,28,29,35)/t17-,18+. The predicted octanol–water partition coefficient (Wildman–Crippen LogP) is 3.05. The van der Waals surface area contributed by atoms with Crippen LogP contribution in [-0.4, -0.2) is 67.7 Å². The monoisotopic (exact) mass is 498 g/mol. The smallest absolute Gasteiger partial charge is 0.232 e. The summed E-state index contributed by atoms with van der Waals surface area (Å²) in [6, 6.07) is 8.03. The molecule has 1 aromatic carbocycles. The van der Waals surface area contributed by atoms with Crippen molar-refractivity contribution in [2.24, 2.45) is 11.8 Å². The van der Waals surface area contributed by atoms with Gasteiger partial charge in [0.05, 0.1) is 13.2 Å². The van der Waals surface area contributed by atoms with E-state index in [2.05, 4.69) is 40.3 Å². The summed E-state index contributed by atoms with van der Waals surface area (Å²) in [5, 5.41) is 6.95. The van der Waals surface area contributed by atoms with Crippen molar-refractivity contribution in [3.8, 4) is 11.5 Å². The van der Waals surface area contributed by atoms with E-state index in [0.717, 1.165) is 54.9 Å². The summed E-state index contributed by atoms with van der Waals surface area (Å²) in [7, 11) is 0. The van der Waals surface area contributed by atoms with Crippen LogP contribution in [0.1, 0.15) is 25.8 Å². The number of hydrogen-bond donors (Lipinski definition) is 2. The van der Waals surface area contributed by atoms with E-state index in [4.69, 9.17) is 36.4 Å². The lowest BCUT2D eigenvalue weighted by Gasteiger charge is -2.36. The molecule has 5 rings (SSSR count). The van der Waals surface area contributed by atoms with Crippen LogP contribution in [0.5, 0.6) is 11.5 Å². The average Bonchev–Trinajstić information content (AvgIpc) is 2.87. The molecule has 0 radical (unpaired) electrons. The van der Waals surface area contributed by atoms with Crippen molar-refractivity contribution in [1.82, 2.24) is 15.3 Å². The molecule has 188 valence electrons. The fourth-order valence-corrected chi connectivity index (χ4v) is 5.13. The molecular formula is C25H34N6O3S. The number of benzene rings is 1. The average molecular weight is 499 g/mol. The third-order valence-electron chi connectivity index (χ3n) is 6.51. The number of rotatable bonds is 5. The van der Waals surface area contributed by atoms with Crippen LogP contribution < -0.4 is 29.9 Å². The van der Waals surface area contributed by atoms with E-state index in [9.17, 15) is 0 Å². The normalized spacial score (nSPS) is 22.0. The number of ether oxygens (including phenoxy) is 3. The lowest BCUT2D eigenvalue weighted by atomic mass is 9.92. The highest BCUT2D eigenvalue weighted by Crippen LogP contribution is 2.31. The van der Waals surface area contributed by atoms with E-state index in [1.807, 2.05) is 18.2 Å². The molecule has 2 saturated heterocycles. The molecule has 2 aromatic rings. The molecule has 1 aromatic heterocycles. The van der Waals surface area contributed by atoms with Gasteiger partial charge in [-0.3, -0.25) is 0 Å². The van der Waals surface area contributed by atoms with Crippen LogP contribution in [-0.2, 0) is 11.3 Å². The summed E-state index contributed by atoms with van der Waals surface area (Å²) in [4.78, 5) is 14.3. The fraction of sp³-hybridized carbons (Fsp3) is 0.560. The Morgan fingerprint density at radius 1 is 0.943 bits per heavy atom. The topological polar surface area (TPSA) is 84.0 Å². The first-order chi connectivity index (χ1) is 17.0. The molecule has 2 fully saturated rings. The quantitative estimate of drug-likeness (QED) is 0.600. The highest BCUT2D eigenvalue weighted by molar-refractivity contribution is 7.80. The van der Waals surface area contributed by atoms with Gasteiger partial charge in [0, 0.05) is 38.8 Å². The molecule has 2 atom stereocenters. The summed E-state index contributed by atoms with van der Waals surface area (Å²) in [5.74, 6) is 5.16. The molecule has 10 heteroatoms. The van der Waals surface area contributed by atoms with E-state index in [1.165, 1.54) is 6.42 Å². The molecule has 0 saturated carbocycles. The zero-order valence-corrected chi connectivity index (χ0v) is 21.3. The Bertz CT molecular complexity index is 1040. The van der Waals surface area contributed by atoms with Crippen molar-refractivity contribution in [3.63, 3.8) is 0 Å². The van der Waals surface area contributed by atoms with Gasteiger partial charge in [0.15, 0.2) is 16.6 Å². The van der Waals surface area contributed by atoms with E-state index < -0.39 is 0 Å². The zero-order valence-electron chi connectivity index (χ0n) is 20.5. The number of piperidine rings is 1. The van der Waals surface area contributed by atoms with Crippen LogP contribution in [0.25, 0.3) is 0 Å². The van der Waals surface area contributed by atoms with Crippen molar-refractivity contribution in [2.75, 3.05) is 67.7 Å². The maximum Gasteiger partial charge on any atom is 0.232 e. The first kappa shape index (κ1) is 23.9. The van der Waals surface area contributed by atoms with Gasteiger partial charge in [-0.1, -0.05) is 19.9 Å². The van der Waals surface area contributed by atoms with Crippen molar-refractivity contribution >= 4 is 34.9 Å². The van der Waals surface area contributed by atoms with Gasteiger partial charge >= 0.3 is 0 Å². The van der Waals surface area contributed by atoms with Gasteiger partial charge < -0.3 is 34.6 Å². The number of nitrogens with one attached hydrogen (secondary N) is 2. The second-order valence-electron chi connectivity index (χ2n) is 9.64.